The molecule has 0 radical (unpaired) electrons. The van der Waals surface area contributed by atoms with E-state index in [1.54, 1.807) is 17.1 Å². The summed E-state index contributed by atoms with van der Waals surface area (Å²) < 4.78 is 3.50. The molecule has 7 nitrogen and oxygen atoms in total. The highest BCUT2D eigenvalue weighted by Crippen LogP contribution is 2.18. The molecule has 0 saturated carbocycles. The van der Waals surface area contributed by atoms with Crippen LogP contribution in [0.4, 0.5) is 0 Å². The van der Waals surface area contributed by atoms with Crippen LogP contribution in [0.5, 0.6) is 0 Å². The van der Waals surface area contributed by atoms with Crippen molar-refractivity contribution in [2.75, 3.05) is 0 Å². The Kier molecular flexibility index (Phi) is 4.16. The molecule has 0 aliphatic rings. The Balaban J connectivity index is 2.08. The first-order chi connectivity index (χ1) is 9.49. The van der Waals surface area contributed by atoms with Crippen LogP contribution in [0.15, 0.2) is 18.7 Å². The van der Waals surface area contributed by atoms with Gasteiger partial charge in [0.25, 0.3) is 0 Å². The van der Waals surface area contributed by atoms with Crippen LogP contribution in [-0.2, 0) is 18.4 Å². The molecule has 0 aliphatic carbocycles. The van der Waals surface area contributed by atoms with Crippen molar-refractivity contribution >= 4 is 5.91 Å². The number of amides is 1. The molecule has 0 unspecified atom stereocenters. The molecule has 2 rings (SSSR count). The van der Waals surface area contributed by atoms with E-state index in [1.165, 1.54) is 6.33 Å². The second-order valence-corrected chi connectivity index (χ2v) is 5.13. The molecule has 1 amide bonds. The summed E-state index contributed by atoms with van der Waals surface area (Å²) in [6, 6.07) is -0.154. The highest BCUT2D eigenvalue weighted by Gasteiger charge is 2.22. The smallest absolute Gasteiger partial charge is 0.240 e. The van der Waals surface area contributed by atoms with Crippen molar-refractivity contribution in [3.63, 3.8) is 0 Å². The topological polar surface area (TPSA) is 77.6 Å². The third-order valence-electron chi connectivity index (χ3n) is 3.25. The Morgan fingerprint density at radius 1 is 1.40 bits per heavy atom. The zero-order valence-electron chi connectivity index (χ0n) is 12.2. The van der Waals surface area contributed by atoms with Gasteiger partial charge >= 0.3 is 0 Å². The average molecular weight is 276 g/mol. The fourth-order valence-electron chi connectivity index (χ4n) is 2.06. The SMILES string of the molecule is Cc1nccn1CC(=O)N[C@H](c1ncnn1C)C(C)C. The molecule has 2 aromatic rings. The van der Waals surface area contributed by atoms with E-state index < -0.39 is 0 Å². The number of imidazole rings is 1. The number of nitrogens with zero attached hydrogens (tertiary/aromatic N) is 5. The molecular formula is C13H20N6O. The van der Waals surface area contributed by atoms with E-state index in [9.17, 15) is 4.79 Å². The maximum absolute atomic E-state index is 12.2. The third kappa shape index (κ3) is 3.04. The molecule has 0 aliphatic heterocycles. The summed E-state index contributed by atoms with van der Waals surface area (Å²) >= 11 is 0. The first-order valence-corrected chi connectivity index (χ1v) is 6.60. The standard InChI is InChI=1S/C13H20N6O/c1-9(2)12(13-15-8-16-18(13)4)17-11(20)7-19-6-5-14-10(19)3/h5-6,8-9,12H,7H2,1-4H3,(H,17,20)/t12-/m0/s1. The molecule has 2 heterocycles. The highest BCUT2D eigenvalue weighted by atomic mass is 16.2. The molecule has 0 bridgehead atoms. The van der Waals surface area contributed by atoms with Gasteiger partial charge in [-0.05, 0) is 12.8 Å². The fourth-order valence-corrected chi connectivity index (χ4v) is 2.06. The summed E-state index contributed by atoms with van der Waals surface area (Å²) in [7, 11) is 1.82. The van der Waals surface area contributed by atoms with Crippen molar-refractivity contribution in [2.45, 2.75) is 33.4 Å². The van der Waals surface area contributed by atoms with Gasteiger partial charge in [0, 0.05) is 19.4 Å². The van der Waals surface area contributed by atoms with Crippen LogP contribution in [0.1, 0.15) is 31.5 Å². The van der Waals surface area contributed by atoms with Crippen LogP contribution in [0.25, 0.3) is 0 Å². The Labute approximate surface area is 118 Å². The van der Waals surface area contributed by atoms with E-state index in [2.05, 4.69) is 20.4 Å². The Bertz CT molecular complexity index is 585. The van der Waals surface area contributed by atoms with Crippen LogP contribution < -0.4 is 5.32 Å². The first-order valence-electron chi connectivity index (χ1n) is 6.60. The molecule has 0 spiro atoms. The van der Waals surface area contributed by atoms with E-state index in [0.29, 0.717) is 0 Å². The molecule has 1 N–H and O–H groups in total. The minimum Gasteiger partial charge on any atom is -0.344 e. The van der Waals surface area contributed by atoms with Crippen molar-refractivity contribution in [1.29, 1.82) is 0 Å². The van der Waals surface area contributed by atoms with Gasteiger partial charge < -0.3 is 9.88 Å². The predicted octanol–water partition coefficient (Wildman–Crippen LogP) is 0.834. The molecule has 2 aromatic heterocycles. The second kappa shape index (κ2) is 5.85. The monoisotopic (exact) mass is 276 g/mol. The molecular weight excluding hydrogens is 256 g/mol. The molecule has 7 heteroatoms. The van der Waals surface area contributed by atoms with Gasteiger partial charge in [0.05, 0.1) is 6.04 Å². The van der Waals surface area contributed by atoms with Gasteiger partial charge in [-0.3, -0.25) is 9.48 Å². The lowest BCUT2D eigenvalue weighted by molar-refractivity contribution is -0.122. The van der Waals surface area contributed by atoms with Crippen molar-refractivity contribution in [3.05, 3.63) is 30.4 Å². The van der Waals surface area contributed by atoms with E-state index in [-0.39, 0.29) is 24.4 Å². The van der Waals surface area contributed by atoms with Crippen molar-refractivity contribution < 1.29 is 4.79 Å². The Morgan fingerprint density at radius 3 is 2.65 bits per heavy atom. The summed E-state index contributed by atoms with van der Waals surface area (Å²) in [4.78, 5) is 20.5. The highest BCUT2D eigenvalue weighted by molar-refractivity contribution is 5.76. The Hall–Kier alpha value is -2.18. The number of carbonyl (C=O) groups is 1. The van der Waals surface area contributed by atoms with Gasteiger partial charge in [0.1, 0.15) is 24.5 Å². The van der Waals surface area contributed by atoms with E-state index in [0.717, 1.165) is 11.6 Å². The second-order valence-electron chi connectivity index (χ2n) is 5.13. The lowest BCUT2D eigenvalue weighted by Gasteiger charge is -2.21. The van der Waals surface area contributed by atoms with Gasteiger partial charge in [0.15, 0.2) is 0 Å². The molecule has 0 saturated heterocycles. The van der Waals surface area contributed by atoms with Gasteiger partial charge in [0.2, 0.25) is 5.91 Å². The van der Waals surface area contributed by atoms with Crippen LogP contribution in [0.3, 0.4) is 0 Å². The summed E-state index contributed by atoms with van der Waals surface area (Å²) in [5.41, 5.74) is 0. The average Bonchev–Trinajstić information content (AvgIpc) is 2.96. The third-order valence-corrected chi connectivity index (χ3v) is 3.25. The zero-order chi connectivity index (χ0) is 14.7. The number of nitrogens with one attached hydrogen (secondary N) is 1. The summed E-state index contributed by atoms with van der Waals surface area (Å²) in [6.45, 7) is 6.22. The minimum atomic E-state index is -0.154. The lowest BCUT2D eigenvalue weighted by Crippen LogP contribution is -2.35. The van der Waals surface area contributed by atoms with Crippen LogP contribution in [0, 0.1) is 12.8 Å². The Morgan fingerprint density at radius 2 is 2.15 bits per heavy atom. The molecule has 0 fully saturated rings. The van der Waals surface area contributed by atoms with Gasteiger partial charge in [-0.15, -0.1) is 0 Å². The van der Waals surface area contributed by atoms with Gasteiger partial charge in [-0.1, -0.05) is 13.8 Å². The van der Waals surface area contributed by atoms with Crippen LogP contribution in [0.2, 0.25) is 0 Å². The number of aryl methyl sites for hydroxylation is 2. The largest absolute Gasteiger partial charge is 0.344 e. The van der Waals surface area contributed by atoms with E-state index in [4.69, 9.17) is 0 Å². The first kappa shape index (κ1) is 14.2. The lowest BCUT2D eigenvalue weighted by atomic mass is 10.0. The molecule has 108 valence electrons. The maximum atomic E-state index is 12.2. The zero-order valence-corrected chi connectivity index (χ0v) is 12.2. The number of rotatable bonds is 5. The normalized spacial score (nSPS) is 12.7. The molecule has 1 atom stereocenters. The molecule has 0 aromatic carbocycles. The number of hydrogen-bond donors (Lipinski definition) is 1. The number of aromatic nitrogens is 5. The number of carbonyl (C=O) groups excluding carboxylic acids is 1. The van der Waals surface area contributed by atoms with Crippen molar-refractivity contribution in [3.8, 4) is 0 Å². The number of hydrogen-bond acceptors (Lipinski definition) is 4. The van der Waals surface area contributed by atoms with Gasteiger partial charge in [-0.25, -0.2) is 9.97 Å². The van der Waals surface area contributed by atoms with E-state index >= 15 is 0 Å². The minimum absolute atomic E-state index is 0.0622. The van der Waals surface area contributed by atoms with Crippen molar-refractivity contribution in [2.24, 2.45) is 13.0 Å². The van der Waals surface area contributed by atoms with Crippen molar-refractivity contribution in [1.82, 2.24) is 29.6 Å². The van der Waals surface area contributed by atoms with Crippen LogP contribution >= 0.6 is 0 Å². The fraction of sp³-hybridized carbons (Fsp3) is 0.538. The van der Waals surface area contributed by atoms with Gasteiger partial charge in [-0.2, -0.15) is 5.10 Å². The molecule has 20 heavy (non-hydrogen) atoms. The summed E-state index contributed by atoms with van der Waals surface area (Å²) in [5, 5.41) is 7.07. The maximum Gasteiger partial charge on any atom is 0.240 e. The quantitative estimate of drug-likeness (QED) is 0.877. The van der Waals surface area contributed by atoms with Crippen LogP contribution in [-0.4, -0.2) is 30.2 Å². The van der Waals surface area contributed by atoms with E-state index in [1.807, 2.05) is 32.4 Å². The summed E-state index contributed by atoms with van der Waals surface area (Å²) in [6.07, 6.45) is 4.98. The predicted molar refractivity (Wildman–Crippen MR) is 73.7 cm³/mol. The summed E-state index contributed by atoms with van der Waals surface area (Å²) in [5.74, 6) is 1.74.